The number of nitrogens with zero attached hydrogens (tertiary/aromatic N) is 3. The molecule has 5 nitrogen and oxygen atoms in total. The van der Waals surface area contributed by atoms with Crippen molar-refractivity contribution in [1.29, 1.82) is 0 Å². The van der Waals surface area contributed by atoms with Crippen LogP contribution in [0, 0.1) is 6.92 Å². The molecule has 0 aliphatic heterocycles. The van der Waals surface area contributed by atoms with Crippen molar-refractivity contribution in [3.05, 3.63) is 42.0 Å². The predicted molar refractivity (Wildman–Crippen MR) is 69.6 cm³/mol. The highest BCUT2D eigenvalue weighted by Gasteiger charge is 2.15. The zero-order chi connectivity index (χ0) is 13.0. The third-order valence-electron chi connectivity index (χ3n) is 2.95. The Balaban J connectivity index is 2.28. The van der Waals surface area contributed by atoms with Crippen LogP contribution in [0.25, 0.3) is 0 Å². The number of methoxy groups -OCH3 is 1. The number of hydrogen-bond acceptors (Lipinski definition) is 4. The van der Waals surface area contributed by atoms with Crippen molar-refractivity contribution in [2.24, 2.45) is 0 Å². The number of benzene rings is 1. The van der Waals surface area contributed by atoms with Gasteiger partial charge in [0.15, 0.2) is 0 Å². The van der Waals surface area contributed by atoms with E-state index >= 15 is 0 Å². The first-order valence-electron chi connectivity index (χ1n) is 5.89. The zero-order valence-corrected chi connectivity index (χ0v) is 10.9. The fraction of sp³-hybridized carbons (Fsp3) is 0.385. The van der Waals surface area contributed by atoms with Crippen molar-refractivity contribution in [2.75, 3.05) is 14.2 Å². The van der Waals surface area contributed by atoms with Crippen LogP contribution in [0.15, 0.2) is 30.9 Å². The van der Waals surface area contributed by atoms with Gasteiger partial charge in [-0.2, -0.15) is 5.10 Å². The molecule has 1 N–H and O–H groups in total. The van der Waals surface area contributed by atoms with Gasteiger partial charge in [-0.3, -0.25) is 4.68 Å². The minimum Gasteiger partial charge on any atom is -0.496 e. The molecule has 0 aliphatic rings. The van der Waals surface area contributed by atoms with Crippen LogP contribution < -0.4 is 10.1 Å². The van der Waals surface area contributed by atoms with E-state index in [9.17, 15) is 0 Å². The van der Waals surface area contributed by atoms with Crippen LogP contribution in [0.5, 0.6) is 5.75 Å². The Hall–Kier alpha value is -1.88. The van der Waals surface area contributed by atoms with Gasteiger partial charge in [-0.05, 0) is 20.0 Å². The number of nitrogens with one attached hydrogen (secondary N) is 1. The molecular formula is C13H18N4O. The number of aromatic nitrogens is 3. The Morgan fingerprint density at radius 2 is 2.28 bits per heavy atom. The highest BCUT2D eigenvalue weighted by Crippen LogP contribution is 2.26. The third-order valence-corrected chi connectivity index (χ3v) is 2.95. The van der Waals surface area contributed by atoms with Crippen LogP contribution in [-0.2, 0) is 6.54 Å². The summed E-state index contributed by atoms with van der Waals surface area (Å²) >= 11 is 0. The van der Waals surface area contributed by atoms with E-state index in [4.69, 9.17) is 4.74 Å². The quantitative estimate of drug-likeness (QED) is 0.869. The van der Waals surface area contributed by atoms with Gasteiger partial charge in [0.1, 0.15) is 18.4 Å². The molecule has 0 saturated heterocycles. The van der Waals surface area contributed by atoms with E-state index < -0.39 is 0 Å². The van der Waals surface area contributed by atoms with Crippen molar-refractivity contribution in [2.45, 2.75) is 19.5 Å². The fourth-order valence-corrected chi connectivity index (χ4v) is 1.99. The van der Waals surface area contributed by atoms with Crippen LogP contribution in [0.1, 0.15) is 17.2 Å². The predicted octanol–water partition coefficient (Wildman–Crippen LogP) is 1.56. The van der Waals surface area contributed by atoms with Gasteiger partial charge in [0.2, 0.25) is 0 Å². The number of rotatable bonds is 5. The number of likely N-dealkylation sites (N-methyl/N-ethyl adjacent to an activating group) is 1. The van der Waals surface area contributed by atoms with Gasteiger partial charge >= 0.3 is 0 Å². The minimum atomic E-state index is 0.140. The summed E-state index contributed by atoms with van der Waals surface area (Å²) in [7, 11) is 3.62. The van der Waals surface area contributed by atoms with Gasteiger partial charge in [0.25, 0.3) is 0 Å². The summed E-state index contributed by atoms with van der Waals surface area (Å²) < 4.78 is 7.23. The molecule has 96 valence electrons. The Kier molecular flexibility index (Phi) is 3.94. The number of hydrogen-bond donors (Lipinski definition) is 1. The molecule has 1 unspecified atom stereocenters. The maximum atomic E-state index is 5.42. The molecule has 0 bridgehead atoms. The molecule has 1 aromatic heterocycles. The van der Waals surface area contributed by atoms with E-state index in [1.165, 1.54) is 5.56 Å². The van der Waals surface area contributed by atoms with E-state index in [-0.39, 0.29) is 6.04 Å². The van der Waals surface area contributed by atoms with E-state index in [2.05, 4.69) is 28.4 Å². The zero-order valence-electron chi connectivity index (χ0n) is 10.9. The summed E-state index contributed by atoms with van der Waals surface area (Å²) in [5, 5.41) is 7.42. The average Bonchev–Trinajstić information content (AvgIpc) is 2.88. The summed E-state index contributed by atoms with van der Waals surface area (Å²) in [4.78, 5) is 3.96. The Morgan fingerprint density at radius 3 is 2.89 bits per heavy atom. The third kappa shape index (κ3) is 2.68. The van der Waals surface area contributed by atoms with Gasteiger partial charge in [0, 0.05) is 5.56 Å². The smallest absolute Gasteiger partial charge is 0.137 e. The molecule has 0 amide bonds. The molecule has 5 heteroatoms. The summed E-state index contributed by atoms with van der Waals surface area (Å²) in [5.41, 5.74) is 2.35. The van der Waals surface area contributed by atoms with Crippen molar-refractivity contribution >= 4 is 0 Å². The first-order chi connectivity index (χ1) is 8.74. The van der Waals surface area contributed by atoms with Crippen molar-refractivity contribution in [3.63, 3.8) is 0 Å². The van der Waals surface area contributed by atoms with Crippen LogP contribution >= 0.6 is 0 Å². The number of ether oxygens (including phenoxy) is 1. The first kappa shape index (κ1) is 12.6. The summed E-state index contributed by atoms with van der Waals surface area (Å²) in [5.74, 6) is 0.889. The summed E-state index contributed by atoms with van der Waals surface area (Å²) in [6.45, 7) is 2.79. The van der Waals surface area contributed by atoms with Crippen molar-refractivity contribution < 1.29 is 4.74 Å². The largest absolute Gasteiger partial charge is 0.496 e. The van der Waals surface area contributed by atoms with Crippen LogP contribution in [0.2, 0.25) is 0 Å². The second kappa shape index (κ2) is 5.64. The van der Waals surface area contributed by atoms with Crippen molar-refractivity contribution in [3.8, 4) is 5.75 Å². The van der Waals surface area contributed by atoms with Gasteiger partial charge < -0.3 is 10.1 Å². The maximum Gasteiger partial charge on any atom is 0.137 e. The van der Waals surface area contributed by atoms with E-state index in [0.717, 1.165) is 17.9 Å². The molecule has 0 spiro atoms. The lowest BCUT2D eigenvalue weighted by atomic mass is 10.0. The van der Waals surface area contributed by atoms with E-state index in [1.807, 2.05) is 23.9 Å². The summed E-state index contributed by atoms with van der Waals surface area (Å²) in [6, 6.07) is 6.32. The molecule has 0 saturated carbocycles. The lowest BCUT2D eigenvalue weighted by Crippen LogP contribution is -2.23. The average molecular weight is 246 g/mol. The van der Waals surface area contributed by atoms with Crippen LogP contribution in [-0.4, -0.2) is 28.9 Å². The van der Waals surface area contributed by atoms with Gasteiger partial charge in [-0.25, -0.2) is 4.98 Å². The standard InChI is InChI=1S/C13H18N4O/c1-10-4-5-13(18-3)11(6-10)12(14-2)7-17-9-15-8-16-17/h4-6,8-9,12,14H,7H2,1-3H3. The molecular weight excluding hydrogens is 228 g/mol. The van der Waals surface area contributed by atoms with Gasteiger partial charge in [-0.1, -0.05) is 17.7 Å². The second-order valence-electron chi connectivity index (χ2n) is 4.20. The molecule has 2 aromatic rings. The molecule has 1 aromatic carbocycles. The maximum absolute atomic E-state index is 5.42. The second-order valence-corrected chi connectivity index (χ2v) is 4.20. The van der Waals surface area contributed by atoms with Crippen LogP contribution in [0.3, 0.4) is 0 Å². The minimum absolute atomic E-state index is 0.140. The Morgan fingerprint density at radius 1 is 1.44 bits per heavy atom. The van der Waals surface area contributed by atoms with E-state index in [1.54, 1.807) is 19.8 Å². The molecule has 18 heavy (non-hydrogen) atoms. The molecule has 0 aliphatic carbocycles. The van der Waals surface area contributed by atoms with Crippen molar-refractivity contribution in [1.82, 2.24) is 20.1 Å². The molecule has 1 atom stereocenters. The fourth-order valence-electron chi connectivity index (χ4n) is 1.99. The monoisotopic (exact) mass is 246 g/mol. The lowest BCUT2D eigenvalue weighted by molar-refractivity contribution is 0.390. The van der Waals surface area contributed by atoms with E-state index in [0.29, 0.717) is 0 Å². The molecule has 0 fully saturated rings. The summed E-state index contributed by atoms with van der Waals surface area (Å²) in [6.07, 6.45) is 3.26. The highest BCUT2D eigenvalue weighted by molar-refractivity contribution is 5.39. The normalized spacial score (nSPS) is 12.4. The Bertz CT molecular complexity index is 496. The van der Waals surface area contributed by atoms with Gasteiger partial charge in [-0.15, -0.1) is 0 Å². The number of aryl methyl sites for hydroxylation is 1. The SMILES string of the molecule is CNC(Cn1cncn1)c1cc(C)ccc1OC. The lowest BCUT2D eigenvalue weighted by Gasteiger charge is -2.19. The highest BCUT2D eigenvalue weighted by atomic mass is 16.5. The van der Waals surface area contributed by atoms with Crippen LogP contribution in [0.4, 0.5) is 0 Å². The molecule has 0 radical (unpaired) electrons. The first-order valence-corrected chi connectivity index (χ1v) is 5.89. The molecule has 2 rings (SSSR count). The topological polar surface area (TPSA) is 52.0 Å². The Labute approximate surface area is 107 Å². The molecule has 1 heterocycles. The van der Waals surface area contributed by atoms with Gasteiger partial charge in [0.05, 0.1) is 19.7 Å².